The van der Waals surface area contributed by atoms with Crippen LogP contribution in [-0.2, 0) is 10.0 Å². The Morgan fingerprint density at radius 1 is 1.17 bits per heavy atom. The van der Waals surface area contributed by atoms with E-state index in [9.17, 15) is 30.4 Å². The lowest BCUT2D eigenvalue weighted by Gasteiger charge is -2.36. The van der Waals surface area contributed by atoms with Gasteiger partial charge in [0.2, 0.25) is 10.0 Å². The number of sulfonamides is 1. The van der Waals surface area contributed by atoms with E-state index in [0.29, 0.717) is 35.5 Å². The maximum absolute atomic E-state index is 13.2. The molecule has 0 unspecified atom stereocenters. The average Bonchev–Trinajstić information content (AvgIpc) is 3.16. The zero-order chi connectivity index (χ0) is 25.9. The molecule has 2 fully saturated rings. The van der Waals surface area contributed by atoms with Gasteiger partial charge in [0, 0.05) is 37.9 Å². The first-order valence-corrected chi connectivity index (χ1v) is 13.3. The summed E-state index contributed by atoms with van der Waals surface area (Å²) in [6.07, 6.45) is -3.00. The molecule has 1 saturated carbocycles. The van der Waals surface area contributed by atoms with Gasteiger partial charge in [-0.2, -0.15) is 13.2 Å². The number of piperazine rings is 1. The topological polar surface area (TPSA) is 95.7 Å². The predicted octanol–water partition coefficient (Wildman–Crippen LogP) is 3.31. The molecule has 3 aromatic rings. The van der Waals surface area contributed by atoms with E-state index in [4.69, 9.17) is 0 Å². The van der Waals surface area contributed by atoms with Gasteiger partial charge in [-0.3, -0.25) is 9.30 Å². The number of nitrogens with zero attached hydrogens (tertiary/aromatic N) is 6. The first-order valence-electron chi connectivity index (χ1n) is 11.0. The van der Waals surface area contributed by atoms with Crippen LogP contribution in [0, 0.1) is 0 Å². The van der Waals surface area contributed by atoms with Crippen molar-refractivity contribution in [3.63, 3.8) is 0 Å². The van der Waals surface area contributed by atoms with E-state index in [0.717, 1.165) is 0 Å². The minimum Gasteiger partial charge on any atom is -0.366 e. The number of imidazole rings is 1. The molecule has 0 spiro atoms. The summed E-state index contributed by atoms with van der Waals surface area (Å²) in [4.78, 5) is 7.37. The van der Waals surface area contributed by atoms with Crippen molar-refractivity contribution in [3.05, 3.63) is 23.5 Å². The van der Waals surface area contributed by atoms with Crippen molar-refractivity contribution in [2.45, 2.75) is 42.8 Å². The molecule has 1 N–H and O–H groups in total. The van der Waals surface area contributed by atoms with Gasteiger partial charge in [-0.25, -0.2) is 26.9 Å². The highest BCUT2D eigenvalue weighted by Crippen LogP contribution is 2.37. The summed E-state index contributed by atoms with van der Waals surface area (Å²) in [6, 6.07) is 1.45. The van der Waals surface area contributed by atoms with Crippen LogP contribution in [0.3, 0.4) is 0 Å². The summed E-state index contributed by atoms with van der Waals surface area (Å²) in [5.74, 6) is 0. The van der Waals surface area contributed by atoms with Crippen LogP contribution in [0.25, 0.3) is 16.3 Å². The van der Waals surface area contributed by atoms with Gasteiger partial charge < -0.3 is 4.90 Å². The summed E-state index contributed by atoms with van der Waals surface area (Å²) in [6.45, 7) is 1.46. The fourth-order valence-electron chi connectivity index (χ4n) is 4.08. The van der Waals surface area contributed by atoms with Gasteiger partial charge in [0.25, 0.3) is 6.43 Å². The highest BCUT2D eigenvalue weighted by atomic mass is 32.2. The first-order chi connectivity index (χ1) is 16.8. The van der Waals surface area contributed by atoms with Crippen molar-refractivity contribution in [2.24, 2.45) is 0 Å². The molecule has 9 nitrogen and oxygen atoms in total. The van der Waals surface area contributed by atoms with E-state index in [1.165, 1.54) is 27.8 Å². The van der Waals surface area contributed by atoms with Crippen LogP contribution >= 0.6 is 11.3 Å². The third-order valence-electron chi connectivity index (χ3n) is 6.21. The molecular formula is C20H22F5N7O2S2. The fourth-order valence-corrected chi connectivity index (χ4v) is 6.27. The summed E-state index contributed by atoms with van der Waals surface area (Å²) in [7, 11) is -3.97. The number of fused-ring (bicyclic) bond motifs is 1. The van der Waals surface area contributed by atoms with Crippen LogP contribution in [0.15, 0.2) is 23.4 Å². The third-order valence-corrected chi connectivity index (χ3v) is 8.77. The SMILES string of the molecule is CC1(NS(=O)(=O)c2cc(N3CCN(CC(F)(F)F)CC3)c3ncc(-c4nnc(C(F)F)s4)n3c2)CC1. The molecule has 0 amide bonds. The summed E-state index contributed by atoms with van der Waals surface area (Å²) in [5, 5.41) is 6.96. The minimum atomic E-state index is -4.31. The van der Waals surface area contributed by atoms with Crippen molar-refractivity contribution in [1.82, 2.24) is 29.2 Å². The highest BCUT2D eigenvalue weighted by molar-refractivity contribution is 7.89. The molecule has 1 saturated heterocycles. The Labute approximate surface area is 207 Å². The Morgan fingerprint density at radius 2 is 1.86 bits per heavy atom. The van der Waals surface area contributed by atoms with Gasteiger partial charge in [-0.1, -0.05) is 11.3 Å². The van der Waals surface area contributed by atoms with Crippen molar-refractivity contribution in [1.29, 1.82) is 0 Å². The zero-order valence-corrected chi connectivity index (χ0v) is 20.6. The average molecular weight is 552 g/mol. The van der Waals surface area contributed by atoms with Gasteiger partial charge in [-0.15, -0.1) is 10.2 Å². The van der Waals surface area contributed by atoms with Crippen LogP contribution in [0.2, 0.25) is 0 Å². The van der Waals surface area contributed by atoms with Crippen LogP contribution in [0.4, 0.5) is 27.6 Å². The van der Waals surface area contributed by atoms with Gasteiger partial charge in [0.15, 0.2) is 15.7 Å². The van der Waals surface area contributed by atoms with Crippen LogP contribution in [0.1, 0.15) is 31.2 Å². The van der Waals surface area contributed by atoms with Crippen LogP contribution in [0.5, 0.6) is 0 Å². The molecule has 4 heterocycles. The second-order valence-corrected chi connectivity index (χ2v) is 11.9. The number of alkyl halides is 5. The van der Waals surface area contributed by atoms with Gasteiger partial charge in [0.05, 0.1) is 18.4 Å². The number of rotatable bonds is 7. The number of hydrogen-bond acceptors (Lipinski definition) is 8. The number of halogens is 5. The monoisotopic (exact) mass is 551 g/mol. The molecule has 3 aromatic heterocycles. The van der Waals surface area contributed by atoms with E-state index >= 15 is 0 Å². The van der Waals surface area contributed by atoms with Gasteiger partial charge in [-0.05, 0) is 25.8 Å². The molecule has 2 aliphatic rings. The Kier molecular flexibility index (Phi) is 6.20. The highest BCUT2D eigenvalue weighted by Gasteiger charge is 2.41. The first kappa shape index (κ1) is 25.2. The minimum absolute atomic E-state index is 0.0753. The second-order valence-electron chi connectivity index (χ2n) is 9.19. The number of pyridine rings is 1. The number of anilines is 1. The van der Waals surface area contributed by atoms with Gasteiger partial charge >= 0.3 is 6.18 Å². The van der Waals surface area contributed by atoms with Crippen LogP contribution < -0.4 is 9.62 Å². The molecule has 0 atom stereocenters. The Hall–Kier alpha value is -2.43. The lowest BCUT2D eigenvalue weighted by atomic mass is 10.2. The largest absolute Gasteiger partial charge is 0.401 e. The lowest BCUT2D eigenvalue weighted by Crippen LogP contribution is -2.49. The lowest BCUT2D eigenvalue weighted by molar-refractivity contribution is -0.146. The quantitative estimate of drug-likeness (QED) is 0.450. The van der Waals surface area contributed by atoms with Crippen molar-refractivity contribution in [2.75, 3.05) is 37.6 Å². The maximum atomic E-state index is 13.2. The Bertz CT molecular complexity index is 1380. The Balaban J connectivity index is 1.55. The molecule has 196 valence electrons. The number of nitrogens with one attached hydrogen (secondary N) is 1. The summed E-state index contributed by atoms with van der Waals surface area (Å²) >= 11 is 0.669. The zero-order valence-electron chi connectivity index (χ0n) is 19.0. The van der Waals surface area contributed by atoms with Crippen molar-refractivity contribution in [3.8, 4) is 10.7 Å². The van der Waals surface area contributed by atoms with Crippen molar-refractivity contribution >= 4 is 32.7 Å². The predicted molar refractivity (Wildman–Crippen MR) is 122 cm³/mol. The second kappa shape index (κ2) is 8.85. The molecule has 5 rings (SSSR count). The molecule has 1 aliphatic heterocycles. The number of hydrogen-bond donors (Lipinski definition) is 1. The van der Waals surface area contributed by atoms with Gasteiger partial charge in [0.1, 0.15) is 10.6 Å². The van der Waals surface area contributed by atoms with Crippen LogP contribution in [-0.4, -0.2) is 77.3 Å². The number of aromatic nitrogens is 4. The molecule has 0 aromatic carbocycles. The molecule has 0 radical (unpaired) electrons. The standard InChI is InChI=1S/C20H22F5N7O2S2/c1-19(2-3-19)29-36(33,34)12-8-13(31-6-4-30(5-7-31)11-20(23,24)25)16-26-9-14(32(16)10-12)17-27-28-18(35-17)15(21)22/h8-10,15,29H,2-7,11H2,1H3. The van der Waals surface area contributed by atoms with E-state index in [2.05, 4.69) is 19.9 Å². The molecule has 36 heavy (non-hydrogen) atoms. The van der Waals surface area contributed by atoms with Crippen molar-refractivity contribution < 1.29 is 30.4 Å². The summed E-state index contributed by atoms with van der Waals surface area (Å²) < 4.78 is 95.2. The smallest absolute Gasteiger partial charge is 0.366 e. The molecular weight excluding hydrogens is 529 g/mol. The molecule has 0 bridgehead atoms. The van der Waals surface area contributed by atoms with E-state index in [-0.39, 0.29) is 41.8 Å². The Morgan fingerprint density at radius 3 is 2.44 bits per heavy atom. The fraction of sp³-hybridized carbons (Fsp3) is 0.550. The van der Waals surface area contributed by atoms with E-state index in [1.54, 1.807) is 11.8 Å². The third kappa shape index (κ3) is 5.17. The van der Waals surface area contributed by atoms with E-state index in [1.807, 2.05) is 0 Å². The molecule has 16 heteroatoms. The molecule has 1 aliphatic carbocycles. The maximum Gasteiger partial charge on any atom is 0.401 e. The normalized spacial score (nSPS) is 18.9. The van der Waals surface area contributed by atoms with E-state index < -0.39 is 39.7 Å². The summed E-state index contributed by atoms with van der Waals surface area (Å²) in [5.41, 5.74) is 0.483.